The van der Waals surface area contributed by atoms with Crippen LogP contribution in [0.2, 0.25) is 0 Å². The quantitative estimate of drug-likeness (QED) is 0.743. The molecule has 3 nitrogen and oxygen atoms in total. The second-order valence-electron chi connectivity index (χ2n) is 3.01. The minimum atomic E-state index is -0.0140. The molecule has 0 radical (unpaired) electrons. The molecule has 0 saturated heterocycles. The molecule has 1 aromatic rings. The van der Waals surface area contributed by atoms with Crippen LogP contribution in [0.15, 0.2) is 24.3 Å². The van der Waals surface area contributed by atoms with Crippen molar-refractivity contribution in [3.05, 3.63) is 24.3 Å². The monoisotopic (exact) mass is 180 g/mol. The highest BCUT2D eigenvalue weighted by molar-refractivity contribution is 5.40. The summed E-state index contributed by atoms with van der Waals surface area (Å²) >= 11 is 0. The number of aliphatic hydroxyl groups is 1. The van der Waals surface area contributed by atoms with Gasteiger partial charge in [-0.15, -0.1) is 0 Å². The first-order chi connectivity index (χ1) is 6.40. The number of hydrogen-bond donors (Lipinski definition) is 1. The lowest BCUT2D eigenvalue weighted by Gasteiger charge is -2.25. The first-order valence-electron chi connectivity index (χ1n) is 4.39. The summed E-state index contributed by atoms with van der Waals surface area (Å²) in [6.45, 7) is 0.660. The SMILES string of the molecule is OCC[C@@H]1COc2ccccc2O1. The maximum atomic E-state index is 8.73. The van der Waals surface area contributed by atoms with Gasteiger partial charge in [0.25, 0.3) is 0 Å². The molecule has 2 rings (SSSR count). The van der Waals surface area contributed by atoms with Crippen LogP contribution in [0.25, 0.3) is 0 Å². The van der Waals surface area contributed by atoms with Gasteiger partial charge in [0, 0.05) is 13.0 Å². The van der Waals surface area contributed by atoms with Gasteiger partial charge in [-0.25, -0.2) is 0 Å². The second kappa shape index (κ2) is 3.66. The molecule has 0 aliphatic carbocycles. The zero-order valence-electron chi connectivity index (χ0n) is 7.27. The fourth-order valence-electron chi connectivity index (χ4n) is 1.35. The second-order valence-corrected chi connectivity index (χ2v) is 3.01. The van der Waals surface area contributed by atoms with E-state index in [1.54, 1.807) is 0 Å². The van der Waals surface area contributed by atoms with Crippen LogP contribution in [-0.4, -0.2) is 24.4 Å². The van der Waals surface area contributed by atoms with Crippen molar-refractivity contribution in [2.24, 2.45) is 0 Å². The number of rotatable bonds is 2. The number of ether oxygens (including phenoxy) is 2. The lowest BCUT2D eigenvalue weighted by molar-refractivity contribution is 0.0704. The average molecular weight is 180 g/mol. The largest absolute Gasteiger partial charge is 0.486 e. The summed E-state index contributed by atoms with van der Waals surface area (Å²) in [6.07, 6.45) is 0.605. The molecule has 0 saturated carbocycles. The summed E-state index contributed by atoms with van der Waals surface area (Å²) in [7, 11) is 0. The van der Waals surface area contributed by atoms with Gasteiger partial charge in [-0.3, -0.25) is 0 Å². The fraction of sp³-hybridized carbons (Fsp3) is 0.400. The number of aliphatic hydroxyl groups excluding tert-OH is 1. The van der Waals surface area contributed by atoms with E-state index < -0.39 is 0 Å². The molecule has 1 atom stereocenters. The van der Waals surface area contributed by atoms with E-state index in [2.05, 4.69) is 0 Å². The standard InChI is InChI=1S/C10H12O3/c11-6-5-8-7-12-9-3-1-2-4-10(9)13-8/h1-4,8,11H,5-7H2/t8-/m1/s1. The van der Waals surface area contributed by atoms with Crippen molar-refractivity contribution in [3.63, 3.8) is 0 Å². The molecular formula is C10H12O3. The van der Waals surface area contributed by atoms with Gasteiger partial charge in [-0.05, 0) is 12.1 Å². The number of fused-ring (bicyclic) bond motifs is 1. The van der Waals surface area contributed by atoms with E-state index >= 15 is 0 Å². The van der Waals surface area contributed by atoms with Gasteiger partial charge in [0.1, 0.15) is 12.7 Å². The van der Waals surface area contributed by atoms with E-state index in [1.165, 1.54) is 0 Å². The van der Waals surface area contributed by atoms with E-state index in [1.807, 2.05) is 24.3 Å². The molecule has 0 bridgehead atoms. The van der Waals surface area contributed by atoms with Crippen molar-refractivity contribution in [2.75, 3.05) is 13.2 Å². The van der Waals surface area contributed by atoms with E-state index in [0.717, 1.165) is 11.5 Å². The van der Waals surface area contributed by atoms with Crippen LogP contribution in [-0.2, 0) is 0 Å². The third-order valence-corrected chi connectivity index (χ3v) is 2.02. The Morgan fingerprint density at radius 3 is 2.85 bits per heavy atom. The van der Waals surface area contributed by atoms with Crippen LogP contribution in [0, 0.1) is 0 Å². The van der Waals surface area contributed by atoms with Crippen molar-refractivity contribution in [3.8, 4) is 11.5 Å². The Labute approximate surface area is 76.9 Å². The van der Waals surface area contributed by atoms with Gasteiger partial charge in [-0.2, -0.15) is 0 Å². The Morgan fingerprint density at radius 1 is 1.31 bits per heavy atom. The molecule has 0 aromatic heterocycles. The Balaban J connectivity index is 2.11. The first-order valence-corrected chi connectivity index (χ1v) is 4.39. The van der Waals surface area contributed by atoms with Crippen molar-refractivity contribution < 1.29 is 14.6 Å². The molecule has 0 spiro atoms. The molecular weight excluding hydrogens is 168 g/mol. The van der Waals surface area contributed by atoms with Gasteiger partial charge in [-0.1, -0.05) is 12.1 Å². The third kappa shape index (κ3) is 1.75. The Bertz CT molecular complexity index is 285. The molecule has 1 aliphatic rings. The normalized spacial score (nSPS) is 19.9. The highest BCUT2D eigenvalue weighted by Gasteiger charge is 2.19. The van der Waals surface area contributed by atoms with Crippen LogP contribution in [0.3, 0.4) is 0 Å². The van der Waals surface area contributed by atoms with E-state index in [0.29, 0.717) is 13.0 Å². The van der Waals surface area contributed by atoms with E-state index in [9.17, 15) is 0 Å². The van der Waals surface area contributed by atoms with Gasteiger partial charge in [0.05, 0.1) is 0 Å². The minimum absolute atomic E-state index is 0.0140. The van der Waals surface area contributed by atoms with Crippen molar-refractivity contribution in [2.45, 2.75) is 12.5 Å². The third-order valence-electron chi connectivity index (χ3n) is 2.02. The maximum Gasteiger partial charge on any atom is 0.161 e. The summed E-state index contributed by atoms with van der Waals surface area (Å²) in [5, 5.41) is 8.73. The molecule has 0 amide bonds. The van der Waals surface area contributed by atoms with Gasteiger partial charge in [0.2, 0.25) is 0 Å². The Morgan fingerprint density at radius 2 is 2.08 bits per heavy atom. The van der Waals surface area contributed by atoms with Crippen LogP contribution in [0.5, 0.6) is 11.5 Å². The Hall–Kier alpha value is -1.22. The van der Waals surface area contributed by atoms with Crippen molar-refractivity contribution in [1.29, 1.82) is 0 Å². The highest BCUT2D eigenvalue weighted by atomic mass is 16.6. The fourth-order valence-corrected chi connectivity index (χ4v) is 1.35. The average Bonchev–Trinajstić information content (AvgIpc) is 2.18. The lowest BCUT2D eigenvalue weighted by Crippen LogP contribution is -2.29. The number of benzene rings is 1. The van der Waals surface area contributed by atoms with Gasteiger partial charge in [0.15, 0.2) is 11.5 Å². The molecule has 1 heterocycles. The zero-order valence-corrected chi connectivity index (χ0v) is 7.27. The summed E-state index contributed by atoms with van der Waals surface area (Å²) in [4.78, 5) is 0. The topological polar surface area (TPSA) is 38.7 Å². The summed E-state index contributed by atoms with van der Waals surface area (Å²) in [5.41, 5.74) is 0. The molecule has 3 heteroatoms. The summed E-state index contributed by atoms with van der Waals surface area (Å²) in [6, 6.07) is 7.57. The first kappa shape index (κ1) is 8.38. The van der Waals surface area contributed by atoms with Crippen LogP contribution < -0.4 is 9.47 Å². The number of para-hydroxylation sites is 2. The predicted molar refractivity (Wildman–Crippen MR) is 48.1 cm³/mol. The van der Waals surface area contributed by atoms with Gasteiger partial charge >= 0.3 is 0 Å². The molecule has 1 aromatic carbocycles. The van der Waals surface area contributed by atoms with E-state index in [-0.39, 0.29) is 12.7 Å². The zero-order chi connectivity index (χ0) is 9.10. The van der Waals surface area contributed by atoms with Crippen LogP contribution >= 0.6 is 0 Å². The molecule has 1 N–H and O–H groups in total. The number of hydrogen-bond acceptors (Lipinski definition) is 3. The molecule has 0 unspecified atom stereocenters. The molecule has 13 heavy (non-hydrogen) atoms. The maximum absolute atomic E-state index is 8.73. The smallest absolute Gasteiger partial charge is 0.161 e. The summed E-state index contributed by atoms with van der Waals surface area (Å²) < 4.78 is 11.0. The lowest BCUT2D eigenvalue weighted by atomic mass is 10.2. The van der Waals surface area contributed by atoms with Crippen molar-refractivity contribution >= 4 is 0 Å². The minimum Gasteiger partial charge on any atom is -0.486 e. The molecule has 1 aliphatic heterocycles. The Kier molecular flexibility index (Phi) is 2.36. The predicted octanol–water partition coefficient (Wildman–Crippen LogP) is 1.21. The van der Waals surface area contributed by atoms with Crippen LogP contribution in [0.4, 0.5) is 0 Å². The van der Waals surface area contributed by atoms with Crippen molar-refractivity contribution in [1.82, 2.24) is 0 Å². The summed E-state index contributed by atoms with van der Waals surface area (Å²) in [5.74, 6) is 1.56. The molecule has 70 valence electrons. The van der Waals surface area contributed by atoms with Gasteiger partial charge < -0.3 is 14.6 Å². The molecule has 0 fully saturated rings. The van der Waals surface area contributed by atoms with Crippen LogP contribution in [0.1, 0.15) is 6.42 Å². The highest BCUT2D eigenvalue weighted by Crippen LogP contribution is 2.31. The van der Waals surface area contributed by atoms with E-state index in [4.69, 9.17) is 14.6 Å².